The van der Waals surface area contributed by atoms with Gasteiger partial charge in [0.15, 0.2) is 0 Å². The Morgan fingerprint density at radius 3 is 2.27 bits per heavy atom. The van der Waals surface area contributed by atoms with Crippen molar-refractivity contribution >= 4 is 34.9 Å². The second-order valence-electron chi connectivity index (χ2n) is 5.65. The predicted octanol–water partition coefficient (Wildman–Crippen LogP) is 3.76. The van der Waals surface area contributed by atoms with Gasteiger partial charge in [-0.3, -0.25) is 4.79 Å². The summed E-state index contributed by atoms with van der Waals surface area (Å²) in [7, 11) is 0. The van der Waals surface area contributed by atoms with E-state index in [0.717, 1.165) is 12.3 Å². The van der Waals surface area contributed by atoms with E-state index in [1.165, 1.54) is 18.2 Å². The van der Waals surface area contributed by atoms with E-state index in [1.807, 2.05) is 4.90 Å². The van der Waals surface area contributed by atoms with Crippen molar-refractivity contribution in [1.82, 2.24) is 14.9 Å². The zero-order valence-electron chi connectivity index (χ0n) is 13.3. The van der Waals surface area contributed by atoms with Crippen LogP contribution in [0, 0.1) is 0 Å². The van der Waals surface area contributed by atoms with Crippen LogP contribution < -0.4 is 4.90 Å². The fourth-order valence-corrected chi connectivity index (χ4v) is 3.05. The average Bonchev–Trinajstić information content (AvgIpc) is 2.61. The molecule has 138 valence electrons. The second kappa shape index (κ2) is 7.28. The number of piperazine rings is 1. The van der Waals surface area contributed by atoms with E-state index in [2.05, 4.69) is 9.97 Å². The number of carbonyl (C=O) groups is 1. The molecule has 1 aliphatic heterocycles. The Labute approximate surface area is 157 Å². The first-order valence-corrected chi connectivity index (χ1v) is 8.41. The van der Waals surface area contributed by atoms with E-state index >= 15 is 0 Å². The molecular weight excluding hydrogens is 392 g/mol. The second-order valence-corrected chi connectivity index (χ2v) is 6.40. The van der Waals surface area contributed by atoms with Gasteiger partial charge in [-0.25, -0.2) is 9.97 Å². The van der Waals surface area contributed by atoms with Crippen LogP contribution >= 0.6 is 23.2 Å². The van der Waals surface area contributed by atoms with E-state index in [0.29, 0.717) is 32.0 Å². The summed E-state index contributed by atoms with van der Waals surface area (Å²) in [6, 6.07) is 5.34. The van der Waals surface area contributed by atoms with E-state index in [4.69, 9.17) is 23.2 Å². The maximum atomic E-state index is 12.6. The van der Waals surface area contributed by atoms with Crippen molar-refractivity contribution < 1.29 is 18.0 Å². The molecule has 1 amide bonds. The minimum Gasteiger partial charge on any atom is -0.353 e. The lowest BCUT2D eigenvalue weighted by molar-refractivity contribution is -0.137. The molecule has 3 rings (SSSR count). The highest BCUT2D eigenvalue weighted by Gasteiger charge is 2.31. The first-order chi connectivity index (χ1) is 12.3. The molecular formula is C16H13Cl2F3N4O. The van der Waals surface area contributed by atoms with E-state index < -0.39 is 11.7 Å². The zero-order valence-corrected chi connectivity index (χ0v) is 14.8. The Morgan fingerprint density at radius 1 is 1.04 bits per heavy atom. The largest absolute Gasteiger partial charge is 0.417 e. The van der Waals surface area contributed by atoms with Crippen LogP contribution in [0.4, 0.5) is 19.0 Å². The monoisotopic (exact) mass is 404 g/mol. The quantitative estimate of drug-likeness (QED) is 0.714. The molecule has 10 heteroatoms. The fraction of sp³-hybridized carbons (Fsp3) is 0.312. The summed E-state index contributed by atoms with van der Waals surface area (Å²) in [6.07, 6.45) is -3.60. The van der Waals surface area contributed by atoms with Gasteiger partial charge in [0.2, 0.25) is 0 Å². The van der Waals surface area contributed by atoms with E-state index in [1.54, 1.807) is 4.90 Å². The minimum absolute atomic E-state index is 0.0364. The number of pyridine rings is 2. The number of nitrogens with zero attached hydrogens (tertiary/aromatic N) is 4. The topological polar surface area (TPSA) is 49.3 Å². The molecule has 5 nitrogen and oxygen atoms in total. The number of anilines is 1. The van der Waals surface area contributed by atoms with Crippen LogP contribution in [0.3, 0.4) is 0 Å². The highest BCUT2D eigenvalue weighted by atomic mass is 35.5. The molecule has 0 spiro atoms. The van der Waals surface area contributed by atoms with Gasteiger partial charge < -0.3 is 9.80 Å². The number of alkyl halides is 3. The number of halogens is 5. The minimum atomic E-state index is -4.41. The summed E-state index contributed by atoms with van der Waals surface area (Å²) < 4.78 is 37.8. The van der Waals surface area contributed by atoms with Gasteiger partial charge in [-0.1, -0.05) is 23.2 Å². The van der Waals surface area contributed by atoms with Crippen LogP contribution in [0.15, 0.2) is 30.5 Å². The summed E-state index contributed by atoms with van der Waals surface area (Å²) in [5.41, 5.74) is -0.530. The Bertz CT molecular complexity index is 806. The van der Waals surface area contributed by atoms with E-state index in [-0.39, 0.29) is 21.8 Å². The number of carbonyl (C=O) groups excluding carboxylic acids is 1. The molecule has 0 radical (unpaired) electrons. The van der Waals surface area contributed by atoms with Crippen LogP contribution in [-0.2, 0) is 6.18 Å². The van der Waals surface area contributed by atoms with Crippen LogP contribution in [-0.4, -0.2) is 47.0 Å². The van der Waals surface area contributed by atoms with Gasteiger partial charge in [0.1, 0.15) is 16.1 Å². The molecule has 2 aromatic rings. The van der Waals surface area contributed by atoms with Crippen LogP contribution in [0.2, 0.25) is 10.3 Å². The number of hydrogen-bond donors (Lipinski definition) is 0. The molecule has 26 heavy (non-hydrogen) atoms. The predicted molar refractivity (Wildman–Crippen MR) is 91.6 cm³/mol. The molecule has 0 bridgehead atoms. The van der Waals surface area contributed by atoms with Gasteiger partial charge in [-0.05, 0) is 24.3 Å². The fourth-order valence-electron chi connectivity index (χ4n) is 2.62. The summed E-state index contributed by atoms with van der Waals surface area (Å²) in [4.78, 5) is 23.7. The van der Waals surface area contributed by atoms with Crippen molar-refractivity contribution in [2.45, 2.75) is 6.18 Å². The van der Waals surface area contributed by atoms with Crippen molar-refractivity contribution in [3.8, 4) is 0 Å². The van der Waals surface area contributed by atoms with E-state index in [9.17, 15) is 18.0 Å². The average molecular weight is 405 g/mol. The molecule has 2 aromatic heterocycles. The molecule has 0 saturated carbocycles. The molecule has 1 fully saturated rings. The maximum Gasteiger partial charge on any atom is 0.417 e. The number of hydrogen-bond acceptors (Lipinski definition) is 4. The third-order valence-electron chi connectivity index (χ3n) is 4.01. The highest BCUT2D eigenvalue weighted by Crippen LogP contribution is 2.29. The molecule has 1 saturated heterocycles. The summed E-state index contributed by atoms with van der Waals surface area (Å²) in [6.45, 7) is 1.67. The number of aromatic nitrogens is 2. The van der Waals surface area contributed by atoms with Gasteiger partial charge >= 0.3 is 6.18 Å². The summed E-state index contributed by atoms with van der Waals surface area (Å²) in [5.74, 6) is 0.176. The van der Waals surface area contributed by atoms with Gasteiger partial charge in [-0.2, -0.15) is 13.2 Å². The summed E-state index contributed by atoms with van der Waals surface area (Å²) in [5, 5.41) is 0.235. The molecule has 0 atom stereocenters. The molecule has 3 heterocycles. The molecule has 0 aliphatic carbocycles. The van der Waals surface area contributed by atoms with Gasteiger partial charge in [0, 0.05) is 32.4 Å². The highest BCUT2D eigenvalue weighted by molar-refractivity contribution is 6.34. The van der Waals surface area contributed by atoms with Crippen molar-refractivity contribution in [2.75, 3.05) is 31.1 Å². The molecule has 0 unspecified atom stereocenters. The Hall–Kier alpha value is -2.06. The molecule has 0 aromatic carbocycles. The van der Waals surface area contributed by atoms with Crippen molar-refractivity contribution in [2.24, 2.45) is 0 Å². The third kappa shape index (κ3) is 4.02. The molecule has 0 N–H and O–H groups in total. The Balaban J connectivity index is 1.64. The van der Waals surface area contributed by atoms with Gasteiger partial charge in [0.05, 0.1) is 11.1 Å². The van der Waals surface area contributed by atoms with Crippen molar-refractivity contribution in [3.63, 3.8) is 0 Å². The van der Waals surface area contributed by atoms with Crippen LogP contribution in [0.25, 0.3) is 0 Å². The summed E-state index contributed by atoms with van der Waals surface area (Å²) >= 11 is 11.7. The number of amides is 1. The van der Waals surface area contributed by atoms with Crippen LogP contribution in [0.1, 0.15) is 15.9 Å². The van der Waals surface area contributed by atoms with Gasteiger partial charge in [-0.15, -0.1) is 0 Å². The van der Waals surface area contributed by atoms with Gasteiger partial charge in [0.25, 0.3) is 5.91 Å². The first kappa shape index (κ1) is 18.7. The normalized spacial score (nSPS) is 15.3. The smallest absolute Gasteiger partial charge is 0.353 e. The lowest BCUT2D eigenvalue weighted by Crippen LogP contribution is -2.49. The SMILES string of the molecule is O=C(c1ccc(Cl)nc1Cl)N1CCN(c2ccc(C(F)(F)F)cn2)CC1. The zero-order chi connectivity index (χ0) is 18.9. The Kier molecular flexibility index (Phi) is 5.24. The standard InChI is InChI=1S/C16H13Cl2F3N4O/c17-12-3-2-11(14(18)23-12)15(26)25-7-5-24(6-8-25)13-4-1-10(9-22-13)16(19,20)21/h1-4,9H,5-8H2. The van der Waals surface area contributed by atoms with Crippen molar-refractivity contribution in [3.05, 3.63) is 51.9 Å². The molecule has 1 aliphatic rings. The Morgan fingerprint density at radius 2 is 1.73 bits per heavy atom. The lowest BCUT2D eigenvalue weighted by Gasteiger charge is -2.35. The van der Waals surface area contributed by atoms with Crippen molar-refractivity contribution in [1.29, 1.82) is 0 Å². The maximum absolute atomic E-state index is 12.6. The third-order valence-corrected chi connectivity index (χ3v) is 4.51. The van der Waals surface area contributed by atoms with Crippen LogP contribution in [0.5, 0.6) is 0 Å². The number of rotatable bonds is 2. The first-order valence-electron chi connectivity index (χ1n) is 7.65. The lowest BCUT2D eigenvalue weighted by atomic mass is 10.2.